The second-order valence-corrected chi connectivity index (χ2v) is 8.93. The highest BCUT2D eigenvalue weighted by atomic mass is 32.2. The monoisotopic (exact) mass is 463 g/mol. The molecule has 3 aromatic rings. The molecule has 0 heterocycles. The standard InChI is InChI=1S/C23H20F3NO4S/c1-16-8-6-9-17(2)22(16)31-21(28)15-27(32(29,30)20-12-4-3-5-13-20)19-11-7-10-18(14-19)23(24,25)26/h3-14H,15H2,1-2H3. The van der Waals surface area contributed by atoms with Crippen LogP contribution in [0, 0.1) is 13.8 Å². The van der Waals surface area contributed by atoms with E-state index in [0.29, 0.717) is 21.5 Å². The maximum Gasteiger partial charge on any atom is 0.416 e. The molecule has 0 unspecified atom stereocenters. The molecule has 0 saturated carbocycles. The largest absolute Gasteiger partial charge is 0.425 e. The van der Waals surface area contributed by atoms with Gasteiger partial charge in [0.25, 0.3) is 10.0 Å². The lowest BCUT2D eigenvalue weighted by Crippen LogP contribution is -2.37. The predicted octanol–water partition coefficient (Wildman–Crippen LogP) is 5.12. The molecule has 0 aliphatic carbocycles. The number of esters is 1. The third-order valence-corrected chi connectivity index (χ3v) is 6.48. The lowest BCUT2D eigenvalue weighted by Gasteiger charge is -2.24. The van der Waals surface area contributed by atoms with Gasteiger partial charge in [0.15, 0.2) is 0 Å². The summed E-state index contributed by atoms with van der Waals surface area (Å²) in [6, 6.07) is 16.2. The molecular weight excluding hydrogens is 443 g/mol. The Bertz CT molecular complexity index is 1210. The zero-order valence-corrected chi connectivity index (χ0v) is 18.1. The van der Waals surface area contributed by atoms with Crippen LogP contribution in [0.2, 0.25) is 0 Å². The van der Waals surface area contributed by atoms with E-state index in [1.807, 2.05) is 0 Å². The molecule has 0 aliphatic rings. The minimum Gasteiger partial charge on any atom is -0.425 e. The fourth-order valence-corrected chi connectivity index (χ4v) is 4.52. The number of alkyl halides is 3. The average molecular weight is 463 g/mol. The number of anilines is 1. The fraction of sp³-hybridized carbons (Fsp3) is 0.174. The molecule has 0 saturated heterocycles. The van der Waals surface area contributed by atoms with E-state index in [2.05, 4.69) is 0 Å². The van der Waals surface area contributed by atoms with Crippen molar-refractivity contribution in [2.24, 2.45) is 0 Å². The number of benzene rings is 3. The molecule has 3 rings (SSSR count). The minimum atomic E-state index is -4.68. The molecule has 0 spiro atoms. The molecule has 0 fully saturated rings. The average Bonchev–Trinajstić information content (AvgIpc) is 2.75. The molecule has 9 heteroatoms. The van der Waals surface area contributed by atoms with Gasteiger partial charge in [-0.05, 0) is 55.3 Å². The molecule has 0 aromatic heterocycles. The van der Waals surface area contributed by atoms with Crippen molar-refractivity contribution in [3.63, 3.8) is 0 Å². The van der Waals surface area contributed by atoms with Crippen molar-refractivity contribution >= 4 is 21.7 Å². The van der Waals surface area contributed by atoms with Crippen molar-refractivity contribution in [2.45, 2.75) is 24.9 Å². The van der Waals surface area contributed by atoms with Crippen LogP contribution in [0.25, 0.3) is 0 Å². The van der Waals surface area contributed by atoms with Gasteiger partial charge in [0, 0.05) is 0 Å². The van der Waals surface area contributed by atoms with Crippen molar-refractivity contribution in [3.05, 3.63) is 89.5 Å². The SMILES string of the molecule is Cc1cccc(C)c1OC(=O)CN(c1cccc(C(F)(F)F)c1)S(=O)(=O)c1ccccc1. The number of hydrogen-bond acceptors (Lipinski definition) is 4. The van der Waals surface area contributed by atoms with Gasteiger partial charge in [-0.1, -0.05) is 42.5 Å². The molecule has 0 amide bonds. The second-order valence-electron chi connectivity index (χ2n) is 7.07. The van der Waals surface area contributed by atoms with E-state index in [0.717, 1.165) is 12.1 Å². The van der Waals surface area contributed by atoms with Gasteiger partial charge in [0.1, 0.15) is 12.3 Å². The van der Waals surface area contributed by atoms with Gasteiger partial charge in [-0.2, -0.15) is 13.2 Å². The highest BCUT2D eigenvalue weighted by molar-refractivity contribution is 7.92. The van der Waals surface area contributed by atoms with Crippen LogP contribution >= 0.6 is 0 Å². The number of halogens is 3. The number of rotatable bonds is 6. The summed E-state index contributed by atoms with van der Waals surface area (Å²) in [4.78, 5) is 12.5. The van der Waals surface area contributed by atoms with E-state index in [4.69, 9.17) is 4.74 Å². The summed E-state index contributed by atoms with van der Waals surface area (Å²) < 4.78 is 72.2. The Morgan fingerprint density at radius 3 is 2.09 bits per heavy atom. The van der Waals surface area contributed by atoms with Gasteiger partial charge in [-0.15, -0.1) is 0 Å². The number of carbonyl (C=O) groups excluding carboxylic acids is 1. The minimum absolute atomic E-state index is 0.169. The topological polar surface area (TPSA) is 63.7 Å². The smallest absolute Gasteiger partial charge is 0.416 e. The molecule has 3 aromatic carbocycles. The first-order valence-corrected chi connectivity index (χ1v) is 11.0. The summed E-state index contributed by atoms with van der Waals surface area (Å²) >= 11 is 0. The highest BCUT2D eigenvalue weighted by Gasteiger charge is 2.33. The number of carbonyl (C=O) groups is 1. The van der Waals surface area contributed by atoms with Crippen LogP contribution in [0.1, 0.15) is 16.7 Å². The van der Waals surface area contributed by atoms with E-state index >= 15 is 0 Å². The first-order valence-electron chi connectivity index (χ1n) is 9.52. The van der Waals surface area contributed by atoms with Crippen LogP contribution in [0.5, 0.6) is 5.75 Å². The maximum atomic E-state index is 13.3. The zero-order valence-electron chi connectivity index (χ0n) is 17.3. The van der Waals surface area contributed by atoms with Gasteiger partial charge >= 0.3 is 12.1 Å². The van der Waals surface area contributed by atoms with Crippen LogP contribution < -0.4 is 9.04 Å². The number of sulfonamides is 1. The third-order valence-electron chi connectivity index (χ3n) is 4.69. The van der Waals surface area contributed by atoms with Gasteiger partial charge in [-0.3, -0.25) is 4.31 Å². The lowest BCUT2D eigenvalue weighted by atomic mass is 10.1. The lowest BCUT2D eigenvalue weighted by molar-refractivity contribution is -0.137. The van der Waals surface area contributed by atoms with E-state index < -0.39 is 34.3 Å². The van der Waals surface area contributed by atoms with Gasteiger partial charge in [0.2, 0.25) is 0 Å². The Morgan fingerprint density at radius 2 is 1.50 bits per heavy atom. The summed E-state index contributed by atoms with van der Waals surface area (Å²) in [5, 5.41) is 0. The number of hydrogen-bond donors (Lipinski definition) is 0. The Labute approximate surface area is 184 Å². The summed E-state index contributed by atoms with van der Waals surface area (Å²) in [5.41, 5.74) is -0.0155. The van der Waals surface area contributed by atoms with Crippen LogP contribution in [-0.2, 0) is 21.0 Å². The van der Waals surface area contributed by atoms with E-state index in [1.54, 1.807) is 38.1 Å². The maximum absolute atomic E-state index is 13.3. The zero-order chi connectivity index (χ0) is 23.5. The first kappa shape index (κ1) is 23.3. The normalized spacial score (nSPS) is 11.8. The van der Waals surface area contributed by atoms with Crippen molar-refractivity contribution in [1.29, 1.82) is 0 Å². The first-order chi connectivity index (χ1) is 15.0. The van der Waals surface area contributed by atoms with E-state index in [9.17, 15) is 26.4 Å². The number of nitrogens with zero attached hydrogens (tertiary/aromatic N) is 1. The van der Waals surface area contributed by atoms with Gasteiger partial charge in [-0.25, -0.2) is 13.2 Å². The molecule has 0 aliphatic heterocycles. The van der Waals surface area contributed by atoms with Crippen LogP contribution in [0.4, 0.5) is 18.9 Å². The van der Waals surface area contributed by atoms with Gasteiger partial charge in [0.05, 0.1) is 16.1 Å². The Hall–Kier alpha value is -3.33. The highest BCUT2D eigenvalue weighted by Crippen LogP contribution is 2.33. The Morgan fingerprint density at radius 1 is 0.906 bits per heavy atom. The molecule has 0 N–H and O–H groups in total. The van der Waals surface area contributed by atoms with Crippen LogP contribution in [-0.4, -0.2) is 20.9 Å². The Kier molecular flexibility index (Phi) is 6.59. The van der Waals surface area contributed by atoms with Crippen molar-refractivity contribution < 1.29 is 31.1 Å². The Balaban J connectivity index is 2.03. The molecule has 0 atom stereocenters. The fourth-order valence-electron chi connectivity index (χ4n) is 3.10. The van der Waals surface area contributed by atoms with Crippen molar-refractivity contribution in [3.8, 4) is 5.75 Å². The number of ether oxygens (including phenoxy) is 1. The summed E-state index contributed by atoms with van der Waals surface area (Å²) in [6.07, 6.45) is -4.68. The number of para-hydroxylation sites is 1. The predicted molar refractivity (Wildman–Crippen MR) is 114 cm³/mol. The van der Waals surface area contributed by atoms with E-state index in [-0.39, 0.29) is 16.3 Å². The molecule has 5 nitrogen and oxygen atoms in total. The summed E-state index contributed by atoms with van der Waals surface area (Å²) in [6.45, 7) is 2.63. The van der Waals surface area contributed by atoms with Crippen LogP contribution in [0.3, 0.4) is 0 Å². The third kappa shape index (κ3) is 5.11. The second kappa shape index (κ2) is 9.04. The van der Waals surface area contributed by atoms with Crippen molar-refractivity contribution in [1.82, 2.24) is 0 Å². The quantitative estimate of drug-likeness (QED) is 0.376. The van der Waals surface area contributed by atoms with Crippen molar-refractivity contribution in [2.75, 3.05) is 10.8 Å². The molecule has 168 valence electrons. The molecule has 0 bridgehead atoms. The van der Waals surface area contributed by atoms with Crippen LogP contribution in [0.15, 0.2) is 77.7 Å². The molecule has 0 radical (unpaired) electrons. The number of aryl methyl sites for hydroxylation is 2. The van der Waals surface area contributed by atoms with E-state index in [1.165, 1.54) is 30.3 Å². The summed E-state index contributed by atoms with van der Waals surface area (Å²) in [7, 11) is -4.36. The summed E-state index contributed by atoms with van der Waals surface area (Å²) in [5.74, 6) is -0.655. The molecular formula is C23H20F3NO4S. The molecule has 32 heavy (non-hydrogen) atoms. The van der Waals surface area contributed by atoms with Gasteiger partial charge < -0.3 is 4.74 Å².